The van der Waals surface area contributed by atoms with Crippen molar-refractivity contribution in [2.45, 2.75) is 18.7 Å². The Hall–Kier alpha value is -1.35. The van der Waals surface area contributed by atoms with E-state index < -0.39 is 10.0 Å². The Kier molecular flexibility index (Phi) is 5.55. The monoisotopic (exact) mass is 299 g/mol. The van der Waals surface area contributed by atoms with E-state index in [-0.39, 0.29) is 23.8 Å². The van der Waals surface area contributed by atoms with Gasteiger partial charge in [-0.2, -0.15) is 4.31 Å². The van der Waals surface area contributed by atoms with Crippen LogP contribution in [-0.2, 0) is 14.8 Å². The highest BCUT2D eigenvalue weighted by Crippen LogP contribution is 2.16. The minimum absolute atomic E-state index is 0.112. The van der Waals surface area contributed by atoms with Gasteiger partial charge in [-0.25, -0.2) is 8.42 Å². The Morgan fingerprint density at radius 2 is 1.89 bits per heavy atom. The first kappa shape index (κ1) is 15.7. The molecule has 0 saturated heterocycles. The van der Waals surface area contributed by atoms with Crippen molar-refractivity contribution in [3.8, 4) is 11.3 Å². The van der Waals surface area contributed by atoms with E-state index in [1.807, 2.05) is 6.92 Å². The minimum atomic E-state index is -3.73. The summed E-state index contributed by atoms with van der Waals surface area (Å²) in [6.45, 7) is 2.86. The van der Waals surface area contributed by atoms with Crippen LogP contribution in [0.1, 0.15) is 12.5 Å². The largest absolute Gasteiger partial charge is 0.299 e. The number of aryl methyl sites for hydroxylation is 1. The summed E-state index contributed by atoms with van der Waals surface area (Å²) < 4.78 is 25.7. The first-order valence-electron chi connectivity index (χ1n) is 5.52. The summed E-state index contributed by atoms with van der Waals surface area (Å²) in [6, 6.07) is 6.41. The number of benzene rings is 1. The molecule has 0 aliphatic heterocycles. The van der Waals surface area contributed by atoms with Gasteiger partial charge >= 0.3 is 0 Å². The predicted octanol–water partition coefficient (Wildman–Crippen LogP) is 1.77. The number of nitrogens with zero attached hydrogens (tertiary/aromatic N) is 1. The van der Waals surface area contributed by atoms with Crippen LogP contribution in [-0.4, -0.2) is 31.6 Å². The fourth-order valence-corrected chi connectivity index (χ4v) is 2.88. The SMILES string of the molecule is CC(=O)CN(CC#CCl)S(=O)(=O)c1ccc(C)cc1. The molecule has 0 spiro atoms. The van der Waals surface area contributed by atoms with Crippen molar-refractivity contribution in [3.05, 3.63) is 29.8 Å². The summed E-state index contributed by atoms with van der Waals surface area (Å²) in [7, 11) is -3.73. The summed E-state index contributed by atoms with van der Waals surface area (Å²) in [5, 5.41) is 2.11. The Balaban J connectivity index is 3.13. The molecule has 1 aromatic carbocycles. The molecular formula is C13H14ClNO3S. The van der Waals surface area contributed by atoms with Crippen LogP contribution in [0.25, 0.3) is 0 Å². The average Bonchev–Trinajstić information content (AvgIpc) is 2.34. The molecule has 0 bridgehead atoms. The second kappa shape index (κ2) is 6.71. The average molecular weight is 300 g/mol. The van der Waals surface area contributed by atoms with Crippen LogP contribution in [0.3, 0.4) is 0 Å². The predicted molar refractivity (Wildman–Crippen MR) is 74.2 cm³/mol. The van der Waals surface area contributed by atoms with Gasteiger partial charge in [0.25, 0.3) is 0 Å². The number of Topliss-reactive ketones (excluding diaryl/α,β-unsaturated/α-hetero) is 1. The van der Waals surface area contributed by atoms with Crippen LogP contribution < -0.4 is 0 Å². The van der Waals surface area contributed by atoms with E-state index in [1.54, 1.807) is 12.1 Å². The van der Waals surface area contributed by atoms with Gasteiger partial charge in [0.1, 0.15) is 5.78 Å². The van der Waals surface area contributed by atoms with Crippen molar-refractivity contribution in [3.63, 3.8) is 0 Å². The van der Waals surface area contributed by atoms with E-state index in [0.29, 0.717) is 0 Å². The van der Waals surface area contributed by atoms with Gasteiger partial charge in [0, 0.05) is 5.38 Å². The molecule has 0 fully saturated rings. The fraction of sp³-hybridized carbons (Fsp3) is 0.308. The van der Waals surface area contributed by atoms with E-state index in [2.05, 4.69) is 11.3 Å². The van der Waals surface area contributed by atoms with Crippen molar-refractivity contribution in [2.24, 2.45) is 0 Å². The molecule has 0 amide bonds. The molecule has 0 aromatic heterocycles. The maximum absolute atomic E-state index is 12.3. The number of carbonyl (C=O) groups excluding carboxylic acids is 1. The highest BCUT2D eigenvalue weighted by molar-refractivity contribution is 7.89. The zero-order chi connectivity index (χ0) is 14.5. The van der Waals surface area contributed by atoms with Crippen LogP contribution in [0.4, 0.5) is 0 Å². The summed E-state index contributed by atoms with van der Waals surface area (Å²) in [6.07, 6.45) is 0. The zero-order valence-electron chi connectivity index (χ0n) is 10.7. The number of halogens is 1. The first-order valence-corrected chi connectivity index (χ1v) is 7.34. The Morgan fingerprint density at radius 3 is 2.37 bits per heavy atom. The summed E-state index contributed by atoms with van der Waals surface area (Å²) in [5.41, 5.74) is 0.956. The summed E-state index contributed by atoms with van der Waals surface area (Å²) in [4.78, 5) is 11.3. The molecule has 19 heavy (non-hydrogen) atoms. The molecule has 0 unspecified atom stereocenters. The molecule has 0 aliphatic carbocycles. The van der Waals surface area contributed by atoms with Crippen LogP contribution in [0, 0.1) is 18.2 Å². The van der Waals surface area contributed by atoms with Gasteiger partial charge in [-0.3, -0.25) is 4.79 Å². The Morgan fingerprint density at radius 1 is 1.32 bits per heavy atom. The van der Waals surface area contributed by atoms with E-state index in [4.69, 9.17) is 11.6 Å². The van der Waals surface area contributed by atoms with Crippen molar-refractivity contribution in [1.29, 1.82) is 0 Å². The minimum Gasteiger partial charge on any atom is -0.299 e. The number of hydrogen-bond acceptors (Lipinski definition) is 3. The normalized spacial score (nSPS) is 10.9. The van der Waals surface area contributed by atoms with E-state index in [1.165, 1.54) is 19.1 Å². The van der Waals surface area contributed by atoms with Gasteiger partial charge in [-0.15, -0.1) is 0 Å². The molecule has 1 rings (SSSR count). The van der Waals surface area contributed by atoms with Gasteiger partial charge in [-0.1, -0.05) is 23.6 Å². The van der Waals surface area contributed by atoms with Crippen molar-refractivity contribution in [2.75, 3.05) is 13.1 Å². The molecule has 6 heteroatoms. The number of rotatable bonds is 5. The molecule has 102 valence electrons. The molecule has 0 N–H and O–H groups in total. The maximum atomic E-state index is 12.3. The van der Waals surface area contributed by atoms with E-state index in [9.17, 15) is 13.2 Å². The molecule has 0 aliphatic rings. The third-order valence-corrected chi connectivity index (χ3v) is 4.32. The fourth-order valence-electron chi connectivity index (χ4n) is 1.45. The summed E-state index contributed by atoms with van der Waals surface area (Å²) >= 11 is 5.23. The molecule has 0 radical (unpaired) electrons. The number of sulfonamides is 1. The third-order valence-electron chi connectivity index (χ3n) is 2.38. The van der Waals surface area contributed by atoms with Crippen LogP contribution in [0.2, 0.25) is 0 Å². The standard InChI is InChI=1S/C13H14ClNO3S/c1-11-4-6-13(7-5-11)19(17,18)15(9-3-8-14)10-12(2)16/h4-7H,9-10H2,1-2H3. The zero-order valence-corrected chi connectivity index (χ0v) is 12.3. The Bertz CT molecular complexity index is 612. The lowest BCUT2D eigenvalue weighted by molar-refractivity contribution is -0.117. The third kappa shape index (κ3) is 4.35. The van der Waals surface area contributed by atoms with Crippen molar-refractivity contribution >= 4 is 27.4 Å². The van der Waals surface area contributed by atoms with Gasteiger partial charge in [-0.05, 0) is 37.6 Å². The lowest BCUT2D eigenvalue weighted by atomic mass is 10.2. The molecule has 0 heterocycles. The highest BCUT2D eigenvalue weighted by atomic mass is 35.5. The van der Waals surface area contributed by atoms with Crippen LogP contribution in [0.15, 0.2) is 29.2 Å². The number of carbonyl (C=O) groups is 1. The second-order valence-electron chi connectivity index (χ2n) is 4.06. The van der Waals surface area contributed by atoms with Crippen molar-refractivity contribution in [1.82, 2.24) is 4.31 Å². The first-order chi connectivity index (χ1) is 8.87. The molecule has 0 saturated carbocycles. The maximum Gasteiger partial charge on any atom is 0.244 e. The van der Waals surface area contributed by atoms with Crippen molar-refractivity contribution < 1.29 is 13.2 Å². The molecule has 4 nitrogen and oxygen atoms in total. The highest BCUT2D eigenvalue weighted by Gasteiger charge is 2.24. The summed E-state index contributed by atoms with van der Waals surface area (Å²) in [5.74, 6) is 2.19. The number of hydrogen-bond donors (Lipinski definition) is 0. The van der Waals surface area contributed by atoms with Crippen LogP contribution >= 0.6 is 11.6 Å². The van der Waals surface area contributed by atoms with Gasteiger partial charge in [0.15, 0.2) is 0 Å². The van der Waals surface area contributed by atoms with Crippen LogP contribution in [0.5, 0.6) is 0 Å². The topological polar surface area (TPSA) is 54.5 Å². The quantitative estimate of drug-likeness (QED) is 0.779. The molecular weight excluding hydrogens is 286 g/mol. The Labute approximate surface area is 118 Å². The lowest BCUT2D eigenvalue weighted by Crippen LogP contribution is -2.35. The number of ketones is 1. The second-order valence-corrected chi connectivity index (χ2v) is 6.19. The lowest BCUT2D eigenvalue weighted by Gasteiger charge is -2.18. The molecule has 1 aromatic rings. The van der Waals surface area contributed by atoms with Gasteiger partial charge < -0.3 is 0 Å². The van der Waals surface area contributed by atoms with Gasteiger partial charge in [0.2, 0.25) is 10.0 Å². The van der Waals surface area contributed by atoms with E-state index in [0.717, 1.165) is 9.87 Å². The molecule has 0 atom stereocenters. The van der Waals surface area contributed by atoms with E-state index >= 15 is 0 Å². The smallest absolute Gasteiger partial charge is 0.244 e. The van der Waals surface area contributed by atoms with Gasteiger partial charge in [0.05, 0.1) is 18.0 Å².